The molecule has 0 heterocycles. The van der Waals surface area contributed by atoms with Crippen LogP contribution >= 0.6 is 0 Å². The fraction of sp³-hybridized carbons (Fsp3) is 0. The Morgan fingerprint density at radius 1 is 1.31 bits per heavy atom. The van der Waals surface area contributed by atoms with Crippen LogP contribution in [0.25, 0.3) is 0 Å². The molecule has 1 aromatic carbocycles. The number of hydrazone groups is 1. The van der Waals surface area contributed by atoms with Gasteiger partial charge in [0, 0.05) is 0 Å². The minimum atomic E-state index is -0.977. The number of urea groups is 2. The number of hydrogen-bond donors (Lipinski definition) is 3. The Balaban J connectivity index is 2.45. The summed E-state index contributed by atoms with van der Waals surface area (Å²) in [4.78, 5) is 21.0. The molecule has 0 spiro atoms. The van der Waals surface area contributed by atoms with E-state index in [0.717, 1.165) is 0 Å². The molecule has 16 heavy (non-hydrogen) atoms. The van der Waals surface area contributed by atoms with Crippen molar-refractivity contribution >= 4 is 18.3 Å². The van der Waals surface area contributed by atoms with Crippen molar-refractivity contribution < 1.29 is 14.0 Å². The number of carbonyl (C=O) groups is 2. The van der Waals surface area contributed by atoms with E-state index in [0.29, 0.717) is 5.56 Å². The van der Waals surface area contributed by atoms with Gasteiger partial charge in [-0.25, -0.2) is 19.4 Å². The minimum Gasteiger partial charge on any atom is -0.351 e. The third-order valence-electron chi connectivity index (χ3n) is 1.49. The fourth-order valence-corrected chi connectivity index (χ4v) is 0.854. The summed E-state index contributed by atoms with van der Waals surface area (Å²) in [6, 6.07) is 3.65. The molecule has 0 saturated heterocycles. The van der Waals surface area contributed by atoms with Crippen LogP contribution in [0.1, 0.15) is 5.56 Å². The summed E-state index contributed by atoms with van der Waals surface area (Å²) in [6.45, 7) is 0. The van der Waals surface area contributed by atoms with Crippen molar-refractivity contribution in [3.63, 3.8) is 0 Å². The monoisotopic (exact) mass is 224 g/mol. The Hall–Kier alpha value is -2.44. The lowest BCUT2D eigenvalue weighted by molar-refractivity contribution is 0.232. The molecule has 0 aliphatic carbocycles. The predicted molar refractivity (Wildman–Crippen MR) is 55.2 cm³/mol. The summed E-state index contributed by atoms with van der Waals surface area (Å²) < 4.78 is 12.5. The van der Waals surface area contributed by atoms with Crippen LogP contribution in [0.5, 0.6) is 0 Å². The second kappa shape index (κ2) is 5.44. The summed E-state index contributed by atoms with van der Waals surface area (Å²) >= 11 is 0. The third-order valence-corrected chi connectivity index (χ3v) is 1.49. The van der Waals surface area contributed by atoms with Crippen molar-refractivity contribution in [3.05, 3.63) is 35.6 Å². The van der Waals surface area contributed by atoms with Gasteiger partial charge in [-0.3, -0.25) is 5.32 Å². The van der Waals surface area contributed by atoms with Gasteiger partial charge in [0.2, 0.25) is 0 Å². The molecule has 4 N–H and O–H groups in total. The molecular formula is C9H9FN4O2. The summed E-state index contributed by atoms with van der Waals surface area (Å²) in [5, 5.41) is 5.26. The lowest BCUT2D eigenvalue weighted by Crippen LogP contribution is -2.40. The maximum atomic E-state index is 12.5. The van der Waals surface area contributed by atoms with Crippen LogP contribution in [0, 0.1) is 5.82 Å². The number of imide groups is 1. The first-order chi connectivity index (χ1) is 7.58. The topological polar surface area (TPSA) is 96.6 Å². The Morgan fingerprint density at radius 2 is 1.94 bits per heavy atom. The van der Waals surface area contributed by atoms with Gasteiger partial charge in [0.1, 0.15) is 5.82 Å². The zero-order valence-electron chi connectivity index (χ0n) is 8.11. The highest BCUT2D eigenvalue weighted by Crippen LogP contribution is 1.99. The van der Waals surface area contributed by atoms with Gasteiger partial charge in [0.25, 0.3) is 0 Å². The first-order valence-electron chi connectivity index (χ1n) is 4.23. The summed E-state index contributed by atoms with van der Waals surface area (Å²) in [7, 11) is 0. The SMILES string of the molecule is NC(=O)NC(=O)N/N=C/c1ccc(F)cc1. The number of halogens is 1. The highest BCUT2D eigenvalue weighted by Gasteiger charge is 1.99. The van der Waals surface area contributed by atoms with E-state index in [2.05, 4.69) is 10.8 Å². The van der Waals surface area contributed by atoms with Crippen LogP contribution < -0.4 is 16.5 Å². The zero-order chi connectivity index (χ0) is 12.0. The average Bonchev–Trinajstić information content (AvgIpc) is 2.20. The summed E-state index contributed by atoms with van der Waals surface area (Å²) in [6.07, 6.45) is 1.29. The molecule has 84 valence electrons. The van der Waals surface area contributed by atoms with Gasteiger partial charge in [0.15, 0.2) is 0 Å². The van der Waals surface area contributed by atoms with E-state index in [-0.39, 0.29) is 5.82 Å². The number of amides is 4. The number of carbonyl (C=O) groups excluding carboxylic acids is 2. The molecule has 4 amide bonds. The van der Waals surface area contributed by atoms with Gasteiger partial charge >= 0.3 is 12.1 Å². The van der Waals surface area contributed by atoms with E-state index in [9.17, 15) is 14.0 Å². The molecular weight excluding hydrogens is 215 g/mol. The molecule has 7 heteroatoms. The Labute approximate surface area is 90.3 Å². The smallest absolute Gasteiger partial charge is 0.343 e. The predicted octanol–water partition coefficient (Wildman–Crippen LogP) is 0.537. The minimum absolute atomic E-state index is 0.364. The number of benzene rings is 1. The molecule has 0 aliphatic rings. The standard InChI is InChI=1S/C9H9FN4O2/c10-7-3-1-6(2-4-7)5-12-14-9(16)13-8(11)15/h1-5H,(H4,11,13,14,15,16)/b12-5+. The molecule has 0 bridgehead atoms. The molecule has 6 nitrogen and oxygen atoms in total. The molecule has 0 radical (unpaired) electrons. The molecule has 0 aromatic heterocycles. The summed E-state index contributed by atoms with van der Waals surface area (Å²) in [5.41, 5.74) is 7.29. The van der Waals surface area contributed by atoms with Crippen molar-refractivity contribution in [2.75, 3.05) is 0 Å². The Kier molecular flexibility index (Phi) is 3.96. The maximum Gasteiger partial charge on any atom is 0.343 e. The maximum absolute atomic E-state index is 12.5. The van der Waals surface area contributed by atoms with Gasteiger partial charge < -0.3 is 5.73 Å². The van der Waals surface area contributed by atoms with E-state index in [1.165, 1.54) is 30.5 Å². The van der Waals surface area contributed by atoms with E-state index < -0.39 is 12.1 Å². The van der Waals surface area contributed by atoms with Crippen molar-refractivity contribution in [3.8, 4) is 0 Å². The van der Waals surface area contributed by atoms with Crippen molar-refractivity contribution in [1.29, 1.82) is 0 Å². The molecule has 0 aliphatic heterocycles. The first-order valence-corrected chi connectivity index (χ1v) is 4.23. The molecule has 0 unspecified atom stereocenters. The van der Waals surface area contributed by atoms with Crippen LogP contribution in [-0.4, -0.2) is 18.3 Å². The highest BCUT2D eigenvalue weighted by atomic mass is 19.1. The lowest BCUT2D eigenvalue weighted by atomic mass is 10.2. The summed E-state index contributed by atoms with van der Waals surface area (Å²) in [5.74, 6) is -0.364. The van der Waals surface area contributed by atoms with Crippen molar-refractivity contribution in [2.24, 2.45) is 10.8 Å². The Bertz CT molecular complexity index is 416. The van der Waals surface area contributed by atoms with Crippen LogP contribution in [0.2, 0.25) is 0 Å². The van der Waals surface area contributed by atoms with Crippen LogP contribution in [0.3, 0.4) is 0 Å². The number of nitrogens with two attached hydrogens (primary N) is 1. The molecule has 1 rings (SSSR count). The van der Waals surface area contributed by atoms with Gasteiger partial charge in [-0.1, -0.05) is 12.1 Å². The fourth-order valence-electron chi connectivity index (χ4n) is 0.854. The van der Waals surface area contributed by atoms with E-state index in [4.69, 9.17) is 0 Å². The van der Waals surface area contributed by atoms with Crippen molar-refractivity contribution in [1.82, 2.24) is 10.7 Å². The van der Waals surface area contributed by atoms with Crippen LogP contribution in [0.15, 0.2) is 29.4 Å². The molecule has 0 saturated carbocycles. The van der Waals surface area contributed by atoms with E-state index in [1.807, 2.05) is 5.43 Å². The number of nitrogens with zero attached hydrogens (tertiary/aromatic N) is 1. The van der Waals surface area contributed by atoms with Gasteiger partial charge in [-0.2, -0.15) is 5.10 Å². The number of rotatable bonds is 2. The Morgan fingerprint density at radius 3 is 2.50 bits per heavy atom. The van der Waals surface area contributed by atoms with Crippen LogP contribution in [-0.2, 0) is 0 Å². The number of hydrogen-bond acceptors (Lipinski definition) is 3. The number of nitrogens with one attached hydrogen (secondary N) is 2. The normalized spacial score (nSPS) is 10.1. The van der Waals surface area contributed by atoms with Gasteiger partial charge in [-0.05, 0) is 17.7 Å². The van der Waals surface area contributed by atoms with Gasteiger partial charge in [0.05, 0.1) is 6.21 Å². The second-order valence-electron chi connectivity index (χ2n) is 2.74. The van der Waals surface area contributed by atoms with E-state index >= 15 is 0 Å². The lowest BCUT2D eigenvalue weighted by Gasteiger charge is -1.98. The molecule has 0 atom stereocenters. The highest BCUT2D eigenvalue weighted by molar-refractivity contribution is 5.92. The zero-order valence-corrected chi connectivity index (χ0v) is 8.11. The van der Waals surface area contributed by atoms with Crippen molar-refractivity contribution in [2.45, 2.75) is 0 Å². The second-order valence-corrected chi connectivity index (χ2v) is 2.74. The number of primary amides is 1. The quantitative estimate of drug-likeness (QED) is 0.504. The largest absolute Gasteiger partial charge is 0.351 e. The molecule has 1 aromatic rings. The van der Waals surface area contributed by atoms with Gasteiger partial charge in [-0.15, -0.1) is 0 Å². The third kappa shape index (κ3) is 4.18. The van der Waals surface area contributed by atoms with Crippen LogP contribution in [0.4, 0.5) is 14.0 Å². The van der Waals surface area contributed by atoms with E-state index in [1.54, 1.807) is 5.32 Å². The first kappa shape index (κ1) is 11.6. The average molecular weight is 224 g/mol. The molecule has 0 fully saturated rings.